The van der Waals surface area contributed by atoms with Gasteiger partial charge in [0, 0.05) is 11.9 Å². The lowest BCUT2D eigenvalue weighted by Crippen LogP contribution is -2.14. The molecule has 0 fully saturated rings. The summed E-state index contributed by atoms with van der Waals surface area (Å²) in [5, 5.41) is 2.83. The highest BCUT2D eigenvalue weighted by Crippen LogP contribution is 2.17. The molecule has 1 aromatic rings. The molecule has 3 heteroatoms. The van der Waals surface area contributed by atoms with E-state index in [2.05, 4.69) is 10.3 Å². The van der Waals surface area contributed by atoms with Gasteiger partial charge in [-0.15, -0.1) is 0 Å². The highest BCUT2D eigenvalue weighted by Gasteiger charge is 2.06. The summed E-state index contributed by atoms with van der Waals surface area (Å²) in [4.78, 5) is 15.3. The lowest BCUT2D eigenvalue weighted by Gasteiger charge is -2.10. The third-order valence-corrected chi connectivity index (χ3v) is 1.96. The van der Waals surface area contributed by atoms with Gasteiger partial charge in [0.25, 0.3) is 0 Å². The van der Waals surface area contributed by atoms with E-state index in [0.29, 0.717) is 13.0 Å². The maximum atomic E-state index is 11.2. The van der Waals surface area contributed by atoms with E-state index in [1.807, 2.05) is 24.3 Å². The first-order chi connectivity index (χ1) is 6.36. The van der Waals surface area contributed by atoms with E-state index in [1.54, 1.807) is 6.21 Å². The van der Waals surface area contributed by atoms with Crippen molar-refractivity contribution in [2.24, 2.45) is 4.99 Å². The summed E-state index contributed by atoms with van der Waals surface area (Å²) in [6, 6.07) is 7.72. The molecular formula is C10H10N2O. The molecule has 1 heterocycles. The first kappa shape index (κ1) is 7.98. The summed E-state index contributed by atoms with van der Waals surface area (Å²) in [6.07, 6.45) is 2.03. The van der Waals surface area contributed by atoms with Crippen LogP contribution in [0.15, 0.2) is 29.3 Å². The number of fused-ring (bicyclic) bond motifs is 1. The second-order valence-corrected chi connectivity index (χ2v) is 2.93. The van der Waals surface area contributed by atoms with Gasteiger partial charge in [0.1, 0.15) is 0 Å². The zero-order valence-electron chi connectivity index (χ0n) is 7.16. The first-order valence-electron chi connectivity index (χ1n) is 4.22. The largest absolute Gasteiger partial charge is 0.325 e. The van der Waals surface area contributed by atoms with Crippen LogP contribution < -0.4 is 5.32 Å². The minimum absolute atomic E-state index is 0.00380. The van der Waals surface area contributed by atoms with Crippen LogP contribution in [-0.2, 0) is 11.3 Å². The van der Waals surface area contributed by atoms with Crippen LogP contribution in [0.5, 0.6) is 0 Å². The van der Waals surface area contributed by atoms with Gasteiger partial charge in [-0.2, -0.15) is 0 Å². The van der Waals surface area contributed by atoms with Gasteiger partial charge in [-0.05, 0) is 11.6 Å². The van der Waals surface area contributed by atoms with E-state index in [4.69, 9.17) is 0 Å². The fourth-order valence-electron chi connectivity index (χ4n) is 1.29. The Balaban J connectivity index is 2.38. The second-order valence-electron chi connectivity index (χ2n) is 2.93. The molecule has 1 amide bonds. The van der Waals surface area contributed by atoms with Crippen molar-refractivity contribution in [2.75, 3.05) is 5.32 Å². The van der Waals surface area contributed by atoms with Crippen LogP contribution in [0.4, 0.5) is 5.69 Å². The fourth-order valence-corrected chi connectivity index (χ4v) is 1.29. The van der Waals surface area contributed by atoms with Crippen LogP contribution in [0.3, 0.4) is 0 Å². The van der Waals surface area contributed by atoms with Crippen LogP contribution >= 0.6 is 0 Å². The molecule has 0 saturated carbocycles. The molecule has 1 aliphatic rings. The van der Waals surface area contributed by atoms with Crippen molar-refractivity contribution in [1.29, 1.82) is 0 Å². The van der Waals surface area contributed by atoms with Gasteiger partial charge in [-0.3, -0.25) is 9.79 Å². The zero-order valence-corrected chi connectivity index (χ0v) is 7.16. The Hall–Kier alpha value is -1.64. The topological polar surface area (TPSA) is 41.5 Å². The number of carbonyl (C=O) groups is 1. The minimum Gasteiger partial charge on any atom is -0.325 e. The number of anilines is 1. The maximum Gasteiger partial charge on any atom is 0.229 e. The molecule has 0 saturated heterocycles. The zero-order chi connectivity index (χ0) is 9.10. The molecule has 0 bridgehead atoms. The predicted molar refractivity (Wildman–Crippen MR) is 51.9 cm³/mol. The van der Waals surface area contributed by atoms with Gasteiger partial charge in [0.05, 0.1) is 13.0 Å². The van der Waals surface area contributed by atoms with Crippen molar-refractivity contribution in [3.63, 3.8) is 0 Å². The highest BCUT2D eigenvalue weighted by molar-refractivity contribution is 6.00. The van der Waals surface area contributed by atoms with Crippen molar-refractivity contribution >= 4 is 17.8 Å². The molecular weight excluding hydrogens is 164 g/mol. The van der Waals surface area contributed by atoms with Gasteiger partial charge in [-0.25, -0.2) is 0 Å². The quantitative estimate of drug-likeness (QED) is 0.637. The molecule has 1 aromatic carbocycles. The molecule has 1 aliphatic heterocycles. The summed E-state index contributed by atoms with van der Waals surface area (Å²) < 4.78 is 0. The third-order valence-electron chi connectivity index (χ3n) is 1.96. The molecule has 0 aromatic heterocycles. The molecule has 0 radical (unpaired) electrons. The van der Waals surface area contributed by atoms with Crippen LogP contribution in [0.25, 0.3) is 0 Å². The minimum atomic E-state index is -0.00380. The van der Waals surface area contributed by atoms with Gasteiger partial charge < -0.3 is 5.32 Å². The van der Waals surface area contributed by atoms with Crippen LogP contribution in [0.2, 0.25) is 0 Å². The van der Waals surface area contributed by atoms with Gasteiger partial charge in [-0.1, -0.05) is 18.2 Å². The summed E-state index contributed by atoms with van der Waals surface area (Å²) in [6.45, 7) is 0.649. The number of aliphatic imine (C=N–C) groups is 1. The van der Waals surface area contributed by atoms with E-state index < -0.39 is 0 Å². The number of rotatable bonds is 0. The Bertz CT molecular complexity index is 358. The number of amides is 1. The van der Waals surface area contributed by atoms with Crippen molar-refractivity contribution in [2.45, 2.75) is 13.0 Å². The SMILES string of the molecule is O=C1CC=NCc2ccccc2N1. The van der Waals surface area contributed by atoms with Crippen molar-refractivity contribution < 1.29 is 4.79 Å². The van der Waals surface area contributed by atoms with E-state index in [-0.39, 0.29) is 5.91 Å². The molecule has 2 rings (SSSR count). The lowest BCUT2D eigenvalue weighted by atomic mass is 10.1. The summed E-state index contributed by atoms with van der Waals surface area (Å²) in [7, 11) is 0. The molecule has 0 aliphatic carbocycles. The van der Waals surface area contributed by atoms with E-state index >= 15 is 0 Å². The van der Waals surface area contributed by atoms with Crippen LogP contribution in [0, 0.1) is 0 Å². The number of nitrogens with one attached hydrogen (secondary N) is 1. The van der Waals surface area contributed by atoms with Crippen molar-refractivity contribution in [3.05, 3.63) is 29.8 Å². The Morgan fingerprint density at radius 3 is 3.08 bits per heavy atom. The average molecular weight is 174 g/mol. The molecule has 66 valence electrons. The van der Waals surface area contributed by atoms with E-state index in [9.17, 15) is 4.79 Å². The predicted octanol–water partition coefficient (Wildman–Crippen LogP) is 1.60. The smallest absolute Gasteiger partial charge is 0.229 e. The fraction of sp³-hybridized carbons (Fsp3) is 0.200. The summed E-state index contributed by atoms with van der Waals surface area (Å²) >= 11 is 0. The van der Waals surface area contributed by atoms with Gasteiger partial charge >= 0.3 is 0 Å². The van der Waals surface area contributed by atoms with E-state index in [1.165, 1.54) is 0 Å². The second kappa shape index (κ2) is 3.39. The Morgan fingerprint density at radius 1 is 1.31 bits per heavy atom. The number of carbonyl (C=O) groups excluding carboxylic acids is 1. The normalized spacial score (nSPS) is 15.5. The summed E-state index contributed by atoms with van der Waals surface area (Å²) in [5.74, 6) is -0.00380. The third kappa shape index (κ3) is 1.75. The monoisotopic (exact) mass is 174 g/mol. The Morgan fingerprint density at radius 2 is 2.15 bits per heavy atom. The Kier molecular flexibility index (Phi) is 2.08. The van der Waals surface area contributed by atoms with Crippen LogP contribution in [0.1, 0.15) is 12.0 Å². The number of nitrogens with zero attached hydrogens (tertiary/aromatic N) is 1. The molecule has 0 unspecified atom stereocenters. The van der Waals surface area contributed by atoms with Gasteiger partial charge in [0.2, 0.25) is 5.91 Å². The molecule has 0 spiro atoms. The van der Waals surface area contributed by atoms with Crippen LogP contribution in [-0.4, -0.2) is 12.1 Å². The average Bonchev–Trinajstić information content (AvgIpc) is 2.11. The number of hydrogen-bond acceptors (Lipinski definition) is 2. The maximum absolute atomic E-state index is 11.2. The molecule has 1 N–H and O–H groups in total. The molecule has 0 atom stereocenters. The standard InChI is InChI=1S/C10H10N2O/c13-10-5-6-11-7-8-3-1-2-4-9(8)12-10/h1-4,6H,5,7H2,(H,12,13). The van der Waals surface area contributed by atoms with Crippen molar-refractivity contribution in [3.8, 4) is 0 Å². The number of para-hydroxylation sites is 1. The summed E-state index contributed by atoms with van der Waals surface area (Å²) in [5.41, 5.74) is 1.94. The Labute approximate surface area is 76.5 Å². The lowest BCUT2D eigenvalue weighted by molar-refractivity contribution is -0.115. The number of benzene rings is 1. The molecule has 13 heavy (non-hydrogen) atoms. The van der Waals surface area contributed by atoms with Crippen molar-refractivity contribution in [1.82, 2.24) is 0 Å². The first-order valence-corrected chi connectivity index (χ1v) is 4.22. The highest BCUT2D eigenvalue weighted by atomic mass is 16.1. The van der Waals surface area contributed by atoms with Gasteiger partial charge in [0.15, 0.2) is 0 Å². The number of hydrogen-bond donors (Lipinski definition) is 1. The molecule has 3 nitrogen and oxygen atoms in total. The van der Waals surface area contributed by atoms with E-state index in [0.717, 1.165) is 11.3 Å².